The maximum atomic E-state index is 12.1. The van der Waals surface area contributed by atoms with Crippen molar-refractivity contribution >= 4 is 22.0 Å². The molecule has 0 amide bonds. The summed E-state index contributed by atoms with van der Waals surface area (Å²) >= 11 is 0. The van der Waals surface area contributed by atoms with Gasteiger partial charge in [-0.05, 0) is 0 Å². The van der Waals surface area contributed by atoms with Gasteiger partial charge in [0.05, 0.1) is 9.82 Å². The molecule has 104 valence electrons. The van der Waals surface area contributed by atoms with Gasteiger partial charge in [-0.3, -0.25) is 14.9 Å². The number of ether oxygens (including phenoxy) is 1. The van der Waals surface area contributed by atoms with Crippen LogP contribution in [0.4, 0.5) is 14.5 Å². The quantitative estimate of drug-likeness (QED) is 0.482. The van der Waals surface area contributed by atoms with E-state index in [0.29, 0.717) is 12.1 Å². The molecule has 19 heavy (non-hydrogen) atoms. The van der Waals surface area contributed by atoms with Gasteiger partial charge in [-0.15, -0.1) is 0 Å². The van der Waals surface area contributed by atoms with Crippen LogP contribution in [-0.2, 0) is 10.0 Å². The van der Waals surface area contributed by atoms with Crippen molar-refractivity contribution in [2.24, 2.45) is 5.14 Å². The molecule has 0 saturated heterocycles. The number of rotatable bonds is 5. The third kappa shape index (κ3) is 3.42. The summed E-state index contributed by atoms with van der Waals surface area (Å²) in [7, 11) is -4.39. The molecule has 0 bridgehead atoms. The Hall–Kier alpha value is -2.14. The molecule has 0 aliphatic rings. The summed E-state index contributed by atoms with van der Waals surface area (Å²) in [5.74, 6) is -0.941. The van der Waals surface area contributed by atoms with Crippen LogP contribution < -0.4 is 9.88 Å². The highest BCUT2D eigenvalue weighted by Gasteiger charge is 2.25. The first-order valence-corrected chi connectivity index (χ1v) is 5.96. The van der Waals surface area contributed by atoms with Crippen LogP contribution in [0, 0.1) is 10.1 Å². The summed E-state index contributed by atoms with van der Waals surface area (Å²) in [5.41, 5.74) is -1.81. The predicted molar refractivity (Wildman–Crippen MR) is 56.5 cm³/mol. The summed E-state index contributed by atoms with van der Waals surface area (Å²) in [4.78, 5) is 19.4. The molecule has 2 N–H and O–H groups in total. The topological polar surface area (TPSA) is 130 Å². The lowest BCUT2D eigenvalue weighted by Crippen LogP contribution is -2.14. The van der Waals surface area contributed by atoms with Crippen LogP contribution in [0.15, 0.2) is 17.0 Å². The first-order chi connectivity index (χ1) is 8.66. The zero-order valence-electron chi connectivity index (χ0n) is 8.95. The summed E-state index contributed by atoms with van der Waals surface area (Å²) in [6, 6.07) is 0.996. The van der Waals surface area contributed by atoms with Crippen molar-refractivity contribution in [3.8, 4) is 5.75 Å². The average molecular weight is 296 g/mol. The van der Waals surface area contributed by atoms with Crippen molar-refractivity contribution < 1.29 is 31.7 Å². The lowest BCUT2D eigenvalue weighted by Gasteiger charge is -2.09. The van der Waals surface area contributed by atoms with Crippen LogP contribution >= 0.6 is 0 Å². The van der Waals surface area contributed by atoms with Gasteiger partial charge in [-0.1, -0.05) is 0 Å². The van der Waals surface area contributed by atoms with Crippen LogP contribution in [-0.4, -0.2) is 26.2 Å². The standard InChI is InChI=1S/C8H6F2N2O6S/c9-8(10)18-7-2-4(19(11,16)17)1-6(12(14)15)5(7)3-13/h1-3,8H,(H2,11,16,17). The number of nitro groups is 1. The number of alkyl halides is 2. The highest BCUT2D eigenvalue weighted by Crippen LogP contribution is 2.31. The molecule has 0 aliphatic heterocycles. The zero-order chi connectivity index (χ0) is 14.8. The molecule has 1 aromatic carbocycles. The van der Waals surface area contributed by atoms with Crippen LogP contribution in [0.2, 0.25) is 0 Å². The first kappa shape index (κ1) is 14.9. The van der Waals surface area contributed by atoms with Gasteiger partial charge >= 0.3 is 6.61 Å². The molecule has 0 fully saturated rings. The maximum absolute atomic E-state index is 12.1. The van der Waals surface area contributed by atoms with Crippen LogP contribution in [0.25, 0.3) is 0 Å². The lowest BCUT2D eigenvalue weighted by atomic mass is 10.2. The van der Waals surface area contributed by atoms with E-state index in [-0.39, 0.29) is 6.29 Å². The number of primary sulfonamides is 1. The third-order valence-electron chi connectivity index (χ3n) is 1.95. The average Bonchev–Trinajstić information content (AvgIpc) is 2.25. The largest absolute Gasteiger partial charge is 0.434 e. The number of nitro benzene ring substituents is 1. The van der Waals surface area contributed by atoms with E-state index in [4.69, 9.17) is 5.14 Å². The molecule has 1 rings (SSSR count). The molecule has 0 radical (unpaired) electrons. The number of hydrogen-bond acceptors (Lipinski definition) is 6. The fourth-order valence-corrected chi connectivity index (χ4v) is 1.76. The number of aldehydes is 1. The third-order valence-corrected chi connectivity index (χ3v) is 2.85. The van der Waals surface area contributed by atoms with Crippen molar-refractivity contribution in [1.29, 1.82) is 0 Å². The minimum absolute atomic E-state index is 0.0945. The van der Waals surface area contributed by atoms with Crippen molar-refractivity contribution in [3.63, 3.8) is 0 Å². The van der Waals surface area contributed by atoms with Crippen molar-refractivity contribution in [2.75, 3.05) is 0 Å². The monoisotopic (exact) mass is 296 g/mol. The van der Waals surface area contributed by atoms with Gasteiger partial charge < -0.3 is 4.74 Å². The Kier molecular flexibility index (Phi) is 4.11. The Balaban J connectivity index is 3.63. The van der Waals surface area contributed by atoms with Crippen molar-refractivity contribution in [3.05, 3.63) is 27.8 Å². The highest BCUT2D eigenvalue weighted by atomic mass is 32.2. The van der Waals surface area contributed by atoms with Gasteiger partial charge in [-0.25, -0.2) is 13.6 Å². The minimum Gasteiger partial charge on any atom is -0.434 e. The lowest BCUT2D eigenvalue weighted by molar-refractivity contribution is -0.385. The Morgan fingerprint density at radius 1 is 1.42 bits per heavy atom. The fourth-order valence-electron chi connectivity index (χ4n) is 1.21. The SMILES string of the molecule is NS(=O)(=O)c1cc(OC(F)F)c(C=O)c([N+](=O)[O-])c1. The van der Waals surface area contributed by atoms with Crippen molar-refractivity contribution in [2.45, 2.75) is 11.5 Å². The van der Waals surface area contributed by atoms with Gasteiger partial charge in [-0.2, -0.15) is 8.78 Å². The number of nitrogens with two attached hydrogens (primary N) is 1. The molecule has 0 aromatic heterocycles. The Labute approximate surface area is 105 Å². The Morgan fingerprint density at radius 3 is 2.37 bits per heavy atom. The first-order valence-electron chi connectivity index (χ1n) is 4.42. The van der Waals surface area contributed by atoms with Gasteiger partial charge in [0.1, 0.15) is 11.3 Å². The van der Waals surface area contributed by atoms with Gasteiger partial charge in [0, 0.05) is 12.1 Å². The molecule has 0 spiro atoms. The fraction of sp³-hybridized carbons (Fsp3) is 0.125. The molecule has 0 atom stereocenters. The highest BCUT2D eigenvalue weighted by molar-refractivity contribution is 7.89. The van der Waals surface area contributed by atoms with E-state index in [2.05, 4.69) is 4.74 Å². The van der Waals surface area contributed by atoms with Crippen LogP contribution in [0.5, 0.6) is 5.75 Å². The minimum atomic E-state index is -4.39. The second-order valence-electron chi connectivity index (χ2n) is 3.15. The molecule has 11 heteroatoms. The molecular weight excluding hydrogens is 290 g/mol. The van der Waals surface area contributed by atoms with E-state index in [1.807, 2.05) is 0 Å². The van der Waals surface area contributed by atoms with E-state index in [1.54, 1.807) is 0 Å². The second kappa shape index (κ2) is 5.24. The summed E-state index contributed by atoms with van der Waals surface area (Å²) in [5, 5.41) is 15.4. The number of nitrogens with zero attached hydrogens (tertiary/aromatic N) is 1. The smallest absolute Gasteiger partial charge is 0.387 e. The van der Waals surface area contributed by atoms with Crippen molar-refractivity contribution in [1.82, 2.24) is 0 Å². The van der Waals surface area contributed by atoms with Crippen LogP contribution in [0.1, 0.15) is 10.4 Å². The van der Waals surface area contributed by atoms with E-state index in [1.165, 1.54) is 0 Å². The molecule has 0 aliphatic carbocycles. The van der Waals surface area contributed by atoms with E-state index >= 15 is 0 Å². The van der Waals surface area contributed by atoms with E-state index in [9.17, 15) is 32.1 Å². The molecule has 1 aromatic rings. The number of carbonyl (C=O) groups is 1. The van der Waals surface area contributed by atoms with Gasteiger partial charge in [0.2, 0.25) is 10.0 Å². The molecule has 0 heterocycles. The second-order valence-corrected chi connectivity index (χ2v) is 4.71. The van der Waals surface area contributed by atoms with E-state index in [0.717, 1.165) is 0 Å². The molecular formula is C8H6F2N2O6S. The number of benzene rings is 1. The summed E-state index contributed by atoms with van der Waals surface area (Å²) in [6.07, 6.45) is -0.0945. The number of sulfonamides is 1. The predicted octanol–water partition coefficient (Wildman–Crippen LogP) is 0.656. The number of carbonyl (C=O) groups excluding carboxylic acids is 1. The summed E-state index contributed by atoms with van der Waals surface area (Å²) in [6.45, 7) is -3.39. The Morgan fingerprint density at radius 2 is 2.00 bits per heavy atom. The number of halogens is 2. The zero-order valence-corrected chi connectivity index (χ0v) is 9.76. The molecule has 8 nitrogen and oxygen atoms in total. The molecule has 0 saturated carbocycles. The van der Waals surface area contributed by atoms with Gasteiger partial charge in [0.15, 0.2) is 6.29 Å². The van der Waals surface area contributed by atoms with E-state index < -0.39 is 43.5 Å². The number of hydrogen-bond donors (Lipinski definition) is 1. The normalized spacial score (nSPS) is 11.4. The summed E-state index contributed by atoms with van der Waals surface area (Å²) < 4.78 is 50.2. The Bertz CT molecular complexity index is 630. The molecule has 0 unspecified atom stereocenters. The maximum Gasteiger partial charge on any atom is 0.387 e. The van der Waals surface area contributed by atoms with Gasteiger partial charge in [0.25, 0.3) is 5.69 Å². The van der Waals surface area contributed by atoms with Crippen LogP contribution in [0.3, 0.4) is 0 Å².